The van der Waals surface area contributed by atoms with Gasteiger partial charge in [-0.3, -0.25) is 10.1 Å². The van der Waals surface area contributed by atoms with Crippen molar-refractivity contribution in [3.8, 4) is 0 Å². The zero-order valence-corrected chi connectivity index (χ0v) is 10.1. The zero-order chi connectivity index (χ0) is 13.0. The molecule has 0 saturated heterocycles. The fourth-order valence-electron chi connectivity index (χ4n) is 1.40. The van der Waals surface area contributed by atoms with Gasteiger partial charge < -0.3 is 5.73 Å². The number of hydrogen-bond acceptors (Lipinski definition) is 4. The fraction of sp³-hybridized carbons (Fsp3) is 0.0833. The van der Waals surface area contributed by atoms with Crippen LogP contribution in [0, 0.1) is 0 Å². The molecule has 0 fully saturated rings. The van der Waals surface area contributed by atoms with E-state index in [1.807, 2.05) is 18.2 Å². The van der Waals surface area contributed by atoms with Gasteiger partial charge in [0.1, 0.15) is 11.2 Å². The molecule has 2 rings (SSSR count). The number of hydrogen-bond donors (Lipinski definition) is 2. The minimum atomic E-state index is -0.770. The average molecular weight is 263 g/mol. The third-order valence-corrected chi connectivity index (χ3v) is 2.51. The van der Waals surface area contributed by atoms with E-state index in [-0.39, 0.29) is 17.0 Å². The Morgan fingerprint density at radius 3 is 2.67 bits per heavy atom. The van der Waals surface area contributed by atoms with Crippen molar-refractivity contribution in [2.45, 2.75) is 6.04 Å². The summed E-state index contributed by atoms with van der Waals surface area (Å²) >= 11 is 5.69. The first-order valence-electron chi connectivity index (χ1n) is 5.27. The Bertz CT molecular complexity index is 547. The van der Waals surface area contributed by atoms with E-state index in [1.165, 1.54) is 12.3 Å². The molecular formula is C12H11ClN4O. The summed E-state index contributed by atoms with van der Waals surface area (Å²) < 4.78 is 0. The largest absolute Gasteiger partial charge is 0.316 e. The second-order valence-corrected chi connectivity index (χ2v) is 3.97. The van der Waals surface area contributed by atoms with Crippen LogP contribution in [0.15, 0.2) is 42.6 Å². The van der Waals surface area contributed by atoms with E-state index in [0.29, 0.717) is 0 Å². The monoisotopic (exact) mass is 262 g/mol. The number of carbonyl (C=O) groups excluding carboxylic acids is 1. The summed E-state index contributed by atoms with van der Waals surface area (Å²) in [5.41, 5.74) is 6.54. The van der Waals surface area contributed by atoms with Gasteiger partial charge in [-0.2, -0.15) is 0 Å². The summed E-state index contributed by atoms with van der Waals surface area (Å²) in [6.45, 7) is 0. The van der Waals surface area contributed by atoms with E-state index in [1.54, 1.807) is 12.1 Å². The Balaban J connectivity index is 2.09. The number of halogens is 1. The molecular weight excluding hydrogens is 252 g/mol. The number of nitrogens with two attached hydrogens (primary N) is 1. The van der Waals surface area contributed by atoms with E-state index >= 15 is 0 Å². The summed E-state index contributed by atoms with van der Waals surface area (Å²) in [5.74, 6) is -0.248. The second-order valence-electron chi connectivity index (χ2n) is 3.58. The van der Waals surface area contributed by atoms with Crippen LogP contribution in [-0.4, -0.2) is 15.9 Å². The number of carbonyl (C=O) groups is 1. The number of amides is 1. The normalized spacial score (nSPS) is 11.9. The van der Waals surface area contributed by atoms with Crippen LogP contribution in [0.25, 0.3) is 0 Å². The van der Waals surface area contributed by atoms with Crippen molar-refractivity contribution in [1.82, 2.24) is 9.97 Å². The number of nitrogens with one attached hydrogen (secondary N) is 1. The molecule has 1 aromatic heterocycles. The molecule has 5 nitrogen and oxygen atoms in total. The highest BCUT2D eigenvalue weighted by atomic mass is 35.5. The van der Waals surface area contributed by atoms with Crippen LogP contribution in [0.2, 0.25) is 5.15 Å². The maximum Gasteiger partial charge on any atom is 0.248 e. The van der Waals surface area contributed by atoms with Crippen LogP contribution in [0.1, 0.15) is 11.6 Å². The second kappa shape index (κ2) is 5.57. The molecule has 0 aliphatic carbocycles. The molecule has 0 aliphatic rings. The van der Waals surface area contributed by atoms with Crippen molar-refractivity contribution < 1.29 is 4.79 Å². The predicted molar refractivity (Wildman–Crippen MR) is 69.0 cm³/mol. The average Bonchev–Trinajstić information content (AvgIpc) is 2.39. The summed E-state index contributed by atoms with van der Waals surface area (Å²) in [4.78, 5) is 19.6. The quantitative estimate of drug-likeness (QED) is 0.826. The van der Waals surface area contributed by atoms with Gasteiger partial charge in [-0.1, -0.05) is 41.9 Å². The zero-order valence-electron chi connectivity index (χ0n) is 9.38. The maximum atomic E-state index is 11.9. The first-order valence-corrected chi connectivity index (χ1v) is 5.64. The SMILES string of the molecule is N[C@H](C(=O)Nc1nccc(Cl)n1)c1ccccc1. The third-order valence-electron chi connectivity index (χ3n) is 2.30. The molecule has 1 aromatic carbocycles. The van der Waals surface area contributed by atoms with E-state index < -0.39 is 6.04 Å². The number of aromatic nitrogens is 2. The summed E-state index contributed by atoms with van der Waals surface area (Å²) in [6.07, 6.45) is 1.46. The highest BCUT2D eigenvalue weighted by molar-refractivity contribution is 6.29. The Hall–Kier alpha value is -1.98. The van der Waals surface area contributed by atoms with Crippen molar-refractivity contribution in [2.75, 3.05) is 5.32 Å². The molecule has 1 amide bonds. The van der Waals surface area contributed by atoms with Gasteiger partial charge in [0, 0.05) is 6.20 Å². The molecule has 3 N–H and O–H groups in total. The van der Waals surface area contributed by atoms with E-state index in [9.17, 15) is 4.79 Å². The Labute approximate surface area is 109 Å². The van der Waals surface area contributed by atoms with E-state index in [2.05, 4.69) is 15.3 Å². The van der Waals surface area contributed by atoms with Crippen LogP contribution in [0.5, 0.6) is 0 Å². The van der Waals surface area contributed by atoms with Gasteiger partial charge in [-0.15, -0.1) is 0 Å². The molecule has 0 bridgehead atoms. The Morgan fingerprint density at radius 2 is 2.00 bits per heavy atom. The first kappa shape index (κ1) is 12.5. The predicted octanol–water partition coefficient (Wildman–Crippen LogP) is 1.77. The Morgan fingerprint density at radius 1 is 1.28 bits per heavy atom. The van der Waals surface area contributed by atoms with Crippen LogP contribution < -0.4 is 11.1 Å². The molecule has 1 heterocycles. The molecule has 92 valence electrons. The maximum absolute atomic E-state index is 11.9. The smallest absolute Gasteiger partial charge is 0.248 e. The topological polar surface area (TPSA) is 80.9 Å². The minimum Gasteiger partial charge on any atom is -0.316 e. The fourth-order valence-corrected chi connectivity index (χ4v) is 1.53. The lowest BCUT2D eigenvalue weighted by atomic mass is 10.1. The molecule has 1 atom stereocenters. The van der Waals surface area contributed by atoms with Crippen LogP contribution in [0.3, 0.4) is 0 Å². The lowest BCUT2D eigenvalue weighted by Crippen LogP contribution is -2.28. The Kier molecular flexibility index (Phi) is 3.86. The molecule has 6 heteroatoms. The van der Waals surface area contributed by atoms with Crippen molar-refractivity contribution in [2.24, 2.45) is 5.73 Å². The lowest BCUT2D eigenvalue weighted by Gasteiger charge is -2.11. The molecule has 0 unspecified atom stereocenters. The molecule has 18 heavy (non-hydrogen) atoms. The van der Waals surface area contributed by atoms with Crippen molar-refractivity contribution in [3.63, 3.8) is 0 Å². The minimum absolute atomic E-state index is 0.138. The van der Waals surface area contributed by atoms with Gasteiger partial charge in [0.15, 0.2) is 0 Å². The van der Waals surface area contributed by atoms with Gasteiger partial charge in [0.05, 0.1) is 0 Å². The van der Waals surface area contributed by atoms with E-state index in [0.717, 1.165) is 5.56 Å². The van der Waals surface area contributed by atoms with Crippen molar-refractivity contribution in [3.05, 3.63) is 53.3 Å². The van der Waals surface area contributed by atoms with Crippen LogP contribution >= 0.6 is 11.6 Å². The number of rotatable bonds is 3. The third kappa shape index (κ3) is 3.03. The van der Waals surface area contributed by atoms with Gasteiger partial charge in [-0.25, -0.2) is 9.97 Å². The number of nitrogens with zero attached hydrogens (tertiary/aromatic N) is 2. The molecule has 2 aromatic rings. The summed E-state index contributed by atoms with van der Waals surface area (Å²) in [7, 11) is 0. The van der Waals surface area contributed by atoms with Gasteiger partial charge in [0.25, 0.3) is 0 Å². The molecule has 0 spiro atoms. The van der Waals surface area contributed by atoms with Gasteiger partial charge in [0.2, 0.25) is 11.9 Å². The summed E-state index contributed by atoms with van der Waals surface area (Å²) in [5, 5.41) is 2.77. The molecule has 0 saturated carbocycles. The highest BCUT2D eigenvalue weighted by Crippen LogP contribution is 2.12. The van der Waals surface area contributed by atoms with Crippen LogP contribution in [-0.2, 0) is 4.79 Å². The lowest BCUT2D eigenvalue weighted by molar-refractivity contribution is -0.117. The number of anilines is 1. The first-order chi connectivity index (χ1) is 8.66. The molecule has 0 radical (unpaired) electrons. The van der Waals surface area contributed by atoms with Gasteiger partial charge in [-0.05, 0) is 11.6 Å². The van der Waals surface area contributed by atoms with Gasteiger partial charge >= 0.3 is 0 Å². The summed E-state index contributed by atoms with van der Waals surface area (Å²) in [6, 6.07) is 9.81. The van der Waals surface area contributed by atoms with Crippen molar-refractivity contribution in [1.29, 1.82) is 0 Å². The van der Waals surface area contributed by atoms with Crippen molar-refractivity contribution >= 4 is 23.5 Å². The standard InChI is InChI=1S/C12H11ClN4O/c13-9-6-7-15-12(16-9)17-11(18)10(14)8-4-2-1-3-5-8/h1-7,10H,14H2,(H,15,16,17,18)/t10-/m0/s1. The number of benzene rings is 1. The van der Waals surface area contributed by atoms with Crippen LogP contribution in [0.4, 0.5) is 5.95 Å². The molecule has 0 aliphatic heterocycles. The highest BCUT2D eigenvalue weighted by Gasteiger charge is 2.16. The van der Waals surface area contributed by atoms with E-state index in [4.69, 9.17) is 17.3 Å².